The molecule has 4 rings (SSSR count). The molecule has 2 fully saturated rings. The molecule has 1 aliphatic carbocycles. The SMILES string of the molecule is CN(C(=O)CCc1nc(-c2ccc(S(=O)(=O)N3CCCCC3)cc2)no1)C1CCCCC1. The molecule has 32 heavy (non-hydrogen) atoms. The van der Waals surface area contributed by atoms with Crippen molar-refractivity contribution in [2.24, 2.45) is 0 Å². The molecule has 0 unspecified atom stereocenters. The normalized spacial score (nSPS) is 18.5. The molecule has 2 aliphatic rings. The van der Waals surface area contributed by atoms with Crippen molar-refractivity contribution in [3.63, 3.8) is 0 Å². The first-order chi connectivity index (χ1) is 15.4. The minimum absolute atomic E-state index is 0.101. The minimum atomic E-state index is -3.46. The lowest BCUT2D eigenvalue weighted by Crippen LogP contribution is -2.38. The molecule has 1 saturated carbocycles. The molecule has 0 radical (unpaired) electrons. The second-order valence-electron chi connectivity index (χ2n) is 8.80. The first kappa shape index (κ1) is 22.9. The largest absolute Gasteiger partial charge is 0.343 e. The Labute approximate surface area is 190 Å². The molecule has 2 heterocycles. The molecule has 1 amide bonds. The van der Waals surface area contributed by atoms with Crippen LogP contribution in [0.3, 0.4) is 0 Å². The van der Waals surface area contributed by atoms with E-state index >= 15 is 0 Å². The van der Waals surface area contributed by atoms with Crippen LogP contribution in [-0.2, 0) is 21.2 Å². The van der Waals surface area contributed by atoms with Gasteiger partial charge in [-0.05, 0) is 49.9 Å². The van der Waals surface area contributed by atoms with E-state index in [-0.39, 0.29) is 10.8 Å². The standard InChI is InChI=1S/C23H32N4O4S/c1-26(19-8-4-2-5-9-19)22(28)15-14-21-24-23(25-31-21)18-10-12-20(13-11-18)32(29,30)27-16-6-3-7-17-27/h10-13,19H,2-9,14-17H2,1H3. The maximum Gasteiger partial charge on any atom is 0.243 e. The number of hydrogen-bond donors (Lipinski definition) is 0. The second-order valence-corrected chi connectivity index (χ2v) is 10.7. The minimum Gasteiger partial charge on any atom is -0.343 e. The predicted octanol–water partition coefficient (Wildman–Crippen LogP) is 3.63. The van der Waals surface area contributed by atoms with Gasteiger partial charge in [-0.15, -0.1) is 0 Å². The monoisotopic (exact) mass is 460 g/mol. The topological polar surface area (TPSA) is 96.6 Å². The van der Waals surface area contributed by atoms with Gasteiger partial charge in [-0.1, -0.05) is 30.8 Å². The third-order valence-electron chi connectivity index (χ3n) is 6.60. The number of rotatable bonds is 7. The molecule has 8 nitrogen and oxygen atoms in total. The highest BCUT2D eigenvalue weighted by molar-refractivity contribution is 7.89. The number of hydrogen-bond acceptors (Lipinski definition) is 6. The molecule has 174 valence electrons. The molecule has 0 atom stereocenters. The van der Waals surface area contributed by atoms with Crippen LogP contribution in [0.2, 0.25) is 0 Å². The van der Waals surface area contributed by atoms with Crippen LogP contribution in [0.25, 0.3) is 11.4 Å². The molecular formula is C23H32N4O4S. The van der Waals surface area contributed by atoms with Crippen LogP contribution in [0, 0.1) is 0 Å². The Bertz CT molecular complexity index is 1010. The summed E-state index contributed by atoms with van der Waals surface area (Å²) in [5.41, 5.74) is 0.684. The summed E-state index contributed by atoms with van der Waals surface area (Å²) in [4.78, 5) is 19.1. The number of benzene rings is 1. The number of nitrogens with zero attached hydrogens (tertiary/aromatic N) is 4. The Morgan fingerprint density at radius 2 is 1.72 bits per heavy atom. The average molecular weight is 461 g/mol. The van der Waals surface area contributed by atoms with Gasteiger partial charge in [0.15, 0.2) is 0 Å². The molecule has 2 aromatic rings. The molecule has 0 bridgehead atoms. The summed E-state index contributed by atoms with van der Waals surface area (Å²) in [5.74, 6) is 0.911. The number of sulfonamides is 1. The van der Waals surface area contributed by atoms with E-state index in [1.165, 1.54) is 19.3 Å². The van der Waals surface area contributed by atoms with Gasteiger partial charge in [0.05, 0.1) is 4.90 Å². The van der Waals surface area contributed by atoms with Crippen LogP contribution in [0.5, 0.6) is 0 Å². The zero-order valence-corrected chi connectivity index (χ0v) is 19.5. The fraction of sp³-hybridized carbons (Fsp3) is 0.609. The van der Waals surface area contributed by atoms with Crippen molar-refractivity contribution in [3.05, 3.63) is 30.2 Å². The number of aryl methyl sites for hydroxylation is 1. The maximum atomic E-state index is 12.8. The van der Waals surface area contributed by atoms with Crippen LogP contribution in [-0.4, -0.2) is 59.8 Å². The van der Waals surface area contributed by atoms with Gasteiger partial charge in [0.1, 0.15) is 0 Å². The predicted molar refractivity (Wildman–Crippen MR) is 120 cm³/mol. The zero-order chi connectivity index (χ0) is 22.6. The Balaban J connectivity index is 1.35. The number of carbonyl (C=O) groups is 1. The van der Waals surface area contributed by atoms with E-state index < -0.39 is 10.0 Å². The third kappa shape index (κ3) is 5.20. The number of aromatic nitrogens is 2. The lowest BCUT2D eigenvalue weighted by molar-refractivity contribution is -0.132. The van der Waals surface area contributed by atoms with E-state index in [1.54, 1.807) is 28.6 Å². The lowest BCUT2D eigenvalue weighted by Gasteiger charge is -2.31. The van der Waals surface area contributed by atoms with Crippen molar-refractivity contribution in [1.29, 1.82) is 0 Å². The molecule has 9 heteroatoms. The van der Waals surface area contributed by atoms with Gasteiger partial charge in [-0.25, -0.2) is 8.42 Å². The van der Waals surface area contributed by atoms with Crippen LogP contribution in [0.4, 0.5) is 0 Å². The summed E-state index contributed by atoms with van der Waals surface area (Å²) in [6, 6.07) is 6.94. The van der Waals surface area contributed by atoms with Gasteiger partial charge in [-0.2, -0.15) is 9.29 Å². The summed E-state index contributed by atoms with van der Waals surface area (Å²) >= 11 is 0. The van der Waals surface area contributed by atoms with Crippen LogP contribution in [0.1, 0.15) is 63.7 Å². The van der Waals surface area contributed by atoms with Gasteiger partial charge in [-0.3, -0.25) is 4.79 Å². The highest BCUT2D eigenvalue weighted by atomic mass is 32.2. The van der Waals surface area contributed by atoms with Crippen molar-refractivity contribution in [1.82, 2.24) is 19.3 Å². The molecule has 1 aromatic heterocycles. The highest BCUT2D eigenvalue weighted by Gasteiger charge is 2.26. The third-order valence-corrected chi connectivity index (χ3v) is 8.51. The molecule has 1 aliphatic heterocycles. The Morgan fingerprint density at radius 3 is 2.41 bits per heavy atom. The van der Waals surface area contributed by atoms with E-state index in [1.807, 2.05) is 11.9 Å². The fourth-order valence-corrected chi connectivity index (χ4v) is 6.08. The van der Waals surface area contributed by atoms with Crippen LogP contribution < -0.4 is 0 Å². The molecule has 1 saturated heterocycles. The molecule has 1 aromatic carbocycles. The van der Waals surface area contributed by atoms with Crippen molar-refractivity contribution in [2.45, 2.75) is 75.1 Å². The van der Waals surface area contributed by atoms with Crippen molar-refractivity contribution in [3.8, 4) is 11.4 Å². The molecule has 0 N–H and O–H groups in total. The van der Waals surface area contributed by atoms with Crippen molar-refractivity contribution < 1.29 is 17.7 Å². The van der Waals surface area contributed by atoms with Gasteiger partial charge < -0.3 is 9.42 Å². The molecular weight excluding hydrogens is 428 g/mol. The number of amides is 1. The fourth-order valence-electron chi connectivity index (χ4n) is 4.57. The number of piperidine rings is 1. The summed E-state index contributed by atoms with van der Waals surface area (Å²) < 4.78 is 32.5. The summed E-state index contributed by atoms with van der Waals surface area (Å²) in [6.07, 6.45) is 9.41. The van der Waals surface area contributed by atoms with E-state index in [0.29, 0.717) is 49.3 Å². The number of carbonyl (C=O) groups excluding carboxylic acids is 1. The lowest BCUT2D eigenvalue weighted by atomic mass is 9.94. The summed E-state index contributed by atoms with van der Waals surface area (Å²) in [5, 5.41) is 4.01. The maximum absolute atomic E-state index is 12.8. The van der Waals surface area contributed by atoms with Gasteiger partial charge >= 0.3 is 0 Å². The van der Waals surface area contributed by atoms with E-state index in [9.17, 15) is 13.2 Å². The average Bonchev–Trinajstić information content (AvgIpc) is 3.32. The first-order valence-electron chi connectivity index (χ1n) is 11.6. The van der Waals surface area contributed by atoms with Crippen molar-refractivity contribution in [2.75, 3.05) is 20.1 Å². The molecule has 0 spiro atoms. The quantitative estimate of drug-likeness (QED) is 0.626. The van der Waals surface area contributed by atoms with E-state index in [2.05, 4.69) is 10.1 Å². The zero-order valence-electron chi connectivity index (χ0n) is 18.7. The van der Waals surface area contributed by atoms with Crippen LogP contribution >= 0.6 is 0 Å². The summed E-state index contributed by atoms with van der Waals surface area (Å²) in [7, 11) is -1.58. The Kier molecular flexibility index (Phi) is 7.25. The Morgan fingerprint density at radius 1 is 1.06 bits per heavy atom. The highest BCUT2D eigenvalue weighted by Crippen LogP contribution is 2.24. The van der Waals surface area contributed by atoms with Gasteiger partial charge in [0.25, 0.3) is 0 Å². The van der Waals surface area contributed by atoms with Gasteiger partial charge in [0.2, 0.25) is 27.6 Å². The van der Waals surface area contributed by atoms with Crippen LogP contribution in [0.15, 0.2) is 33.7 Å². The van der Waals surface area contributed by atoms with Crippen molar-refractivity contribution >= 4 is 15.9 Å². The smallest absolute Gasteiger partial charge is 0.243 e. The second kappa shape index (κ2) is 10.1. The Hall–Kier alpha value is -2.26. The first-order valence-corrected chi connectivity index (χ1v) is 13.1. The summed E-state index contributed by atoms with van der Waals surface area (Å²) in [6.45, 7) is 1.15. The van der Waals surface area contributed by atoms with Gasteiger partial charge in [0, 0.05) is 44.6 Å². The van der Waals surface area contributed by atoms with E-state index in [0.717, 1.165) is 32.1 Å². The van der Waals surface area contributed by atoms with E-state index in [4.69, 9.17) is 4.52 Å².